The van der Waals surface area contributed by atoms with E-state index in [0.717, 1.165) is 62.2 Å². The monoisotopic (exact) mass is 505 g/mol. The lowest BCUT2D eigenvalue weighted by molar-refractivity contribution is -0.169. The van der Waals surface area contributed by atoms with E-state index in [1.54, 1.807) is 0 Å². The summed E-state index contributed by atoms with van der Waals surface area (Å²) in [7, 11) is 0. The maximum atomic E-state index is 13.8. The van der Waals surface area contributed by atoms with Crippen molar-refractivity contribution >= 4 is 17.6 Å². The fourth-order valence-electron chi connectivity index (χ4n) is 6.57. The van der Waals surface area contributed by atoms with E-state index in [4.69, 9.17) is 16.3 Å². The summed E-state index contributed by atoms with van der Waals surface area (Å²) < 4.78 is 6.35. The molecule has 2 unspecified atom stereocenters. The topological polar surface area (TPSA) is 38.3 Å². The number of nitrogens with one attached hydrogen (secondary N) is 1. The van der Waals surface area contributed by atoms with Gasteiger partial charge in [-0.1, -0.05) is 85.8 Å². The minimum atomic E-state index is -0.489. The molecule has 3 saturated carbocycles. The SMILES string of the molecule is C=CC1C[C@H](OC(=O)C2(c3ccccc3)CCCCCC2)C1CCNCC1(c2ccc(Cl)cc2)CC1. The Kier molecular flexibility index (Phi) is 7.88. The highest BCUT2D eigenvalue weighted by atomic mass is 35.5. The van der Waals surface area contributed by atoms with Gasteiger partial charge in [0.1, 0.15) is 6.10 Å². The zero-order valence-electron chi connectivity index (χ0n) is 21.4. The van der Waals surface area contributed by atoms with Crippen LogP contribution in [0.2, 0.25) is 5.02 Å². The lowest BCUT2D eigenvalue weighted by Gasteiger charge is -2.44. The molecule has 0 aliphatic heterocycles. The van der Waals surface area contributed by atoms with E-state index in [9.17, 15) is 4.79 Å². The minimum absolute atomic E-state index is 0.000688. The molecule has 36 heavy (non-hydrogen) atoms. The molecule has 1 N–H and O–H groups in total. The van der Waals surface area contributed by atoms with Crippen molar-refractivity contribution in [2.75, 3.05) is 13.1 Å². The summed E-state index contributed by atoms with van der Waals surface area (Å²) in [5.41, 5.74) is 2.28. The summed E-state index contributed by atoms with van der Waals surface area (Å²) in [6, 6.07) is 18.7. The number of allylic oxidation sites excluding steroid dienone is 1. The van der Waals surface area contributed by atoms with Gasteiger partial charge in [-0.25, -0.2) is 0 Å². The Morgan fingerprint density at radius 3 is 2.31 bits per heavy atom. The molecule has 0 aromatic heterocycles. The predicted octanol–water partition coefficient (Wildman–Crippen LogP) is 7.38. The summed E-state index contributed by atoms with van der Waals surface area (Å²) in [4.78, 5) is 13.8. The molecule has 192 valence electrons. The Morgan fingerprint density at radius 1 is 0.972 bits per heavy atom. The molecule has 5 rings (SSSR count). The van der Waals surface area contributed by atoms with Gasteiger partial charge in [0.25, 0.3) is 0 Å². The van der Waals surface area contributed by atoms with Gasteiger partial charge in [-0.15, -0.1) is 6.58 Å². The summed E-state index contributed by atoms with van der Waals surface area (Å²) in [5, 5.41) is 4.51. The molecule has 3 nitrogen and oxygen atoms in total. The van der Waals surface area contributed by atoms with Crippen LogP contribution >= 0.6 is 11.6 Å². The van der Waals surface area contributed by atoms with Crippen molar-refractivity contribution < 1.29 is 9.53 Å². The lowest BCUT2D eigenvalue weighted by atomic mass is 9.68. The Bertz CT molecular complexity index is 1020. The third-order valence-corrected chi connectivity index (χ3v) is 9.45. The predicted molar refractivity (Wildman–Crippen MR) is 147 cm³/mol. The number of esters is 1. The van der Waals surface area contributed by atoms with Crippen molar-refractivity contribution in [1.82, 2.24) is 5.32 Å². The first-order valence-electron chi connectivity index (χ1n) is 13.9. The van der Waals surface area contributed by atoms with Gasteiger partial charge in [-0.2, -0.15) is 0 Å². The smallest absolute Gasteiger partial charge is 0.316 e. The molecule has 3 aliphatic carbocycles. The molecule has 0 radical (unpaired) electrons. The maximum Gasteiger partial charge on any atom is 0.316 e. The molecule has 0 bridgehead atoms. The van der Waals surface area contributed by atoms with Crippen LogP contribution in [0.3, 0.4) is 0 Å². The molecular formula is C32H40ClNO2. The molecule has 2 aromatic carbocycles. The van der Waals surface area contributed by atoms with E-state index < -0.39 is 5.41 Å². The van der Waals surface area contributed by atoms with Gasteiger partial charge >= 0.3 is 5.97 Å². The van der Waals surface area contributed by atoms with Crippen molar-refractivity contribution in [3.63, 3.8) is 0 Å². The Labute approximate surface area is 221 Å². The van der Waals surface area contributed by atoms with Crippen LogP contribution in [-0.2, 0) is 20.4 Å². The highest BCUT2D eigenvalue weighted by molar-refractivity contribution is 6.30. The summed E-state index contributed by atoms with van der Waals surface area (Å²) >= 11 is 6.08. The first-order chi connectivity index (χ1) is 17.6. The van der Waals surface area contributed by atoms with Gasteiger partial charge in [-0.3, -0.25) is 4.79 Å². The second-order valence-corrected chi connectivity index (χ2v) is 11.8. The van der Waals surface area contributed by atoms with Crippen molar-refractivity contribution in [3.8, 4) is 0 Å². The average molecular weight is 506 g/mol. The maximum absolute atomic E-state index is 13.8. The fraction of sp³-hybridized carbons (Fsp3) is 0.531. The van der Waals surface area contributed by atoms with Crippen LogP contribution in [0.25, 0.3) is 0 Å². The minimum Gasteiger partial charge on any atom is -0.461 e. The summed E-state index contributed by atoms with van der Waals surface area (Å²) in [6.45, 7) is 5.98. The number of rotatable bonds is 10. The van der Waals surface area contributed by atoms with Crippen LogP contribution in [0.5, 0.6) is 0 Å². The molecule has 0 spiro atoms. The van der Waals surface area contributed by atoms with E-state index in [0.29, 0.717) is 11.8 Å². The van der Waals surface area contributed by atoms with E-state index in [-0.39, 0.29) is 17.5 Å². The van der Waals surface area contributed by atoms with E-state index in [1.807, 2.05) is 18.2 Å². The van der Waals surface area contributed by atoms with Gasteiger partial charge in [0, 0.05) is 22.9 Å². The Morgan fingerprint density at radius 2 is 1.67 bits per heavy atom. The average Bonchev–Trinajstić information content (AvgIpc) is 3.71. The second kappa shape index (κ2) is 11.1. The lowest BCUT2D eigenvalue weighted by Crippen LogP contribution is -2.48. The molecule has 0 heterocycles. The van der Waals surface area contributed by atoms with Crippen molar-refractivity contribution in [1.29, 1.82) is 0 Å². The van der Waals surface area contributed by atoms with E-state index in [2.05, 4.69) is 54.4 Å². The zero-order chi connectivity index (χ0) is 25.0. The van der Waals surface area contributed by atoms with Crippen LogP contribution in [0.4, 0.5) is 0 Å². The first kappa shape index (κ1) is 25.5. The molecule has 0 amide bonds. The number of benzene rings is 2. The molecule has 0 saturated heterocycles. The standard InChI is InChI=1S/C32H40ClNO2/c1-2-24-22-29(28(24)16-21-34-23-31(19-20-31)25-12-14-27(33)15-13-25)36-30(35)32(17-8-3-4-9-18-32)26-10-6-5-7-11-26/h2,5-7,10-15,24,28-29,34H,1,3-4,8-9,16-23H2/t24?,28?,29-/m0/s1. The second-order valence-electron chi connectivity index (χ2n) is 11.4. The van der Waals surface area contributed by atoms with Crippen molar-refractivity contribution in [3.05, 3.63) is 83.4 Å². The molecule has 3 atom stereocenters. The van der Waals surface area contributed by atoms with Crippen molar-refractivity contribution in [2.24, 2.45) is 11.8 Å². The molecule has 3 aliphatic rings. The van der Waals surface area contributed by atoms with Crippen LogP contribution in [0.1, 0.15) is 75.3 Å². The Hall–Kier alpha value is -2.10. The number of ether oxygens (including phenoxy) is 1. The number of hydrogen-bond acceptors (Lipinski definition) is 3. The quantitative estimate of drug-likeness (QED) is 0.158. The summed E-state index contributed by atoms with van der Waals surface area (Å²) in [5.74, 6) is 0.779. The largest absolute Gasteiger partial charge is 0.461 e. The highest BCUT2D eigenvalue weighted by Crippen LogP contribution is 2.48. The van der Waals surface area contributed by atoms with E-state index >= 15 is 0 Å². The number of carbonyl (C=O) groups excluding carboxylic acids is 1. The van der Waals surface area contributed by atoms with Crippen LogP contribution in [0.15, 0.2) is 67.3 Å². The van der Waals surface area contributed by atoms with Crippen LogP contribution in [0, 0.1) is 11.8 Å². The van der Waals surface area contributed by atoms with Crippen LogP contribution < -0.4 is 5.32 Å². The number of carbonyl (C=O) groups is 1. The zero-order valence-corrected chi connectivity index (χ0v) is 22.1. The van der Waals surface area contributed by atoms with Gasteiger partial charge in [-0.05, 0) is 74.2 Å². The molecular weight excluding hydrogens is 466 g/mol. The molecule has 3 fully saturated rings. The third-order valence-electron chi connectivity index (χ3n) is 9.20. The molecule has 4 heteroatoms. The van der Waals surface area contributed by atoms with Crippen molar-refractivity contribution in [2.45, 2.75) is 81.1 Å². The first-order valence-corrected chi connectivity index (χ1v) is 14.3. The van der Waals surface area contributed by atoms with Gasteiger partial charge in [0.15, 0.2) is 0 Å². The normalized spacial score (nSPS) is 26.3. The fourth-order valence-corrected chi connectivity index (χ4v) is 6.70. The number of halogens is 1. The Balaban J connectivity index is 1.19. The van der Waals surface area contributed by atoms with E-state index in [1.165, 1.54) is 31.2 Å². The third kappa shape index (κ3) is 5.29. The number of hydrogen-bond donors (Lipinski definition) is 1. The summed E-state index contributed by atoms with van der Waals surface area (Å²) in [6.07, 6.45) is 12.8. The van der Waals surface area contributed by atoms with Crippen LogP contribution in [-0.4, -0.2) is 25.2 Å². The molecule has 2 aromatic rings. The van der Waals surface area contributed by atoms with Gasteiger partial charge < -0.3 is 10.1 Å². The highest BCUT2D eigenvalue weighted by Gasteiger charge is 2.48. The van der Waals surface area contributed by atoms with Gasteiger partial charge in [0.05, 0.1) is 5.41 Å². The van der Waals surface area contributed by atoms with Gasteiger partial charge in [0.2, 0.25) is 0 Å².